The lowest BCUT2D eigenvalue weighted by Crippen LogP contribution is -1.85. The predicted molar refractivity (Wildman–Crippen MR) is 69.3 cm³/mol. The fraction of sp³-hybridized carbons (Fsp3) is 0.188. The molecule has 0 fully saturated rings. The molecule has 0 saturated carbocycles. The summed E-state index contributed by atoms with van der Waals surface area (Å²) in [4.78, 5) is 0. The Kier molecular flexibility index (Phi) is 3.58. The molecule has 1 aromatic carbocycles. The van der Waals surface area contributed by atoms with Gasteiger partial charge in [-0.25, -0.2) is 0 Å². The van der Waals surface area contributed by atoms with Gasteiger partial charge in [-0.15, -0.1) is 5.73 Å². The van der Waals surface area contributed by atoms with Gasteiger partial charge in [0, 0.05) is 0 Å². The lowest BCUT2D eigenvalue weighted by molar-refractivity contribution is 0.967. The Hall–Kier alpha value is -1.78. The van der Waals surface area contributed by atoms with Gasteiger partial charge in [0.25, 0.3) is 0 Å². The van der Waals surface area contributed by atoms with Gasteiger partial charge in [-0.05, 0) is 37.0 Å². The molecule has 0 radical (unpaired) electrons. The second-order valence-corrected chi connectivity index (χ2v) is 4.07. The first-order valence-electron chi connectivity index (χ1n) is 5.69. The van der Waals surface area contributed by atoms with E-state index in [2.05, 4.69) is 61.2 Å². The molecule has 1 aromatic rings. The fourth-order valence-electron chi connectivity index (χ4n) is 1.70. The zero-order valence-corrected chi connectivity index (χ0v) is 9.61. The van der Waals surface area contributed by atoms with Crippen LogP contribution in [0, 0.1) is 0 Å². The molecule has 1 aliphatic carbocycles. The molecule has 0 nitrogen and oxygen atoms in total. The summed E-state index contributed by atoms with van der Waals surface area (Å²) in [5.41, 5.74) is 7.25. The minimum Gasteiger partial charge on any atom is -0.117 e. The summed E-state index contributed by atoms with van der Waals surface area (Å²) in [6.45, 7) is 2.11. The molecule has 80 valence electrons. The molecular weight excluding hydrogens is 192 g/mol. The van der Waals surface area contributed by atoms with Crippen molar-refractivity contribution in [2.45, 2.75) is 19.8 Å². The summed E-state index contributed by atoms with van der Waals surface area (Å²) in [6.07, 6.45) is 10.6. The molecule has 0 bridgehead atoms. The minimum atomic E-state index is 1.05. The van der Waals surface area contributed by atoms with E-state index in [4.69, 9.17) is 0 Å². The molecule has 0 saturated heterocycles. The van der Waals surface area contributed by atoms with Crippen molar-refractivity contribution in [1.82, 2.24) is 0 Å². The van der Waals surface area contributed by atoms with Gasteiger partial charge in [0.15, 0.2) is 0 Å². The van der Waals surface area contributed by atoms with Crippen molar-refractivity contribution < 1.29 is 0 Å². The van der Waals surface area contributed by atoms with Gasteiger partial charge in [-0.1, -0.05) is 54.1 Å². The first-order valence-corrected chi connectivity index (χ1v) is 5.69. The van der Waals surface area contributed by atoms with Gasteiger partial charge in [0.05, 0.1) is 0 Å². The van der Waals surface area contributed by atoms with E-state index >= 15 is 0 Å². The van der Waals surface area contributed by atoms with Gasteiger partial charge in [-0.3, -0.25) is 0 Å². The summed E-state index contributed by atoms with van der Waals surface area (Å²) >= 11 is 0. The minimum absolute atomic E-state index is 1.05. The number of allylic oxidation sites excluding steroid dienone is 5. The van der Waals surface area contributed by atoms with Gasteiger partial charge >= 0.3 is 0 Å². The largest absolute Gasteiger partial charge is 0.117 e. The molecule has 0 amide bonds. The van der Waals surface area contributed by atoms with Gasteiger partial charge < -0.3 is 0 Å². The van der Waals surface area contributed by atoms with Crippen molar-refractivity contribution in [1.29, 1.82) is 0 Å². The number of aryl methyl sites for hydroxylation is 1. The highest BCUT2D eigenvalue weighted by Gasteiger charge is 1.96. The molecule has 1 aliphatic rings. The van der Waals surface area contributed by atoms with Crippen LogP contribution in [0.2, 0.25) is 0 Å². The van der Waals surface area contributed by atoms with E-state index < -0.39 is 0 Å². The molecule has 0 aliphatic heterocycles. The highest BCUT2D eigenvalue weighted by atomic mass is 14.0. The second kappa shape index (κ2) is 5.34. The lowest BCUT2D eigenvalue weighted by Gasteiger charge is -2.00. The molecule has 0 unspecified atom stereocenters. The van der Waals surface area contributed by atoms with Crippen LogP contribution in [0.3, 0.4) is 0 Å². The molecule has 2 rings (SSSR count). The SMILES string of the molecule is CC1=CC=C=C(CCc2ccccc2)C=C1. The summed E-state index contributed by atoms with van der Waals surface area (Å²) in [5, 5.41) is 0. The molecule has 0 atom stereocenters. The maximum atomic E-state index is 3.31. The van der Waals surface area contributed by atoms with Crippen LogP contribution >= 0.6 is 0 Å². The van der Waals surface area contributed by atoms with E-state index in [1.54, 1.807) is 0 Å². The fourth-order valence-corrected chi connectivity index (χ4v) is 1.70. The van der Waals surface area contributed by atoms with Crippen LogP contribution in [0.5, 0.6) is 0 Å². The average molecular weight is 208 g/mol. The van der Waals surface area contributed by atoms with Gasteiger partial charge in [0.2, 0.25) is 0 Å². The van der Waals surface area contributed by atoms with Gasteiger partial charge in [0.1, 0.15) is 0 Å². The van der Waals surface area contributed by atoms with E-state index in [-0.39, 0.29) is 0 Å². The highest BCUT2D eigenvalue weighted by Crippen LogP contribution is 2.12. The van der Waals surface area contributed by atoms with Crippen LogP contribution in [0.25, 0.3) is 0 Å². The number of hydrogen-bond acceptors (Lipinski definition) is 0. The molecule has 16 heavy (non-hydrogen) atoms. The third-order valence-electron chi connectivity index (χ3n) is 2.69. The van der Waals surface area contributed by atoms with Crippen LogP contribution in [0.1, 0.15) is 18.9 Å². The van der Waals surface area contributed by atoms with Crippen molar-refractivity contribution in [2.75, 3.05) is 0 Å². The molecule has 0 N–H and O–H groups in total. The molecule has 0 aromatic heterocycles. The zero-order chi connectivity index (χ0) is 11.2. The van der Waals surface area contributed by atoms with E-state index in [1.807, 2.05) is 6.08 Å². The maximum absolute atomic E-state index is 3.31. The van der Waals surface area contributed by atoms with Crippen LogP contribution in [-0.4, -0.2) is 0 Å². The molecule has 0 spiro atoms. The van der Waals surface area contributed by atoms with Crippen molar-refractivity contribution >= 4 is 0 Å². The maximum Gasteiger partial charge on any atom is -0.00569 e. The Balaban J connectivity index is 1.98. The first-order chi connectivity index (χ1) is 7.84. The Labute approximate surface area is 97.3 Å². The smallest absolute Gasteiger partial charge is 0.00569 e. The van der Waals surface area contributed by atoms with E-state index in [0.717, 1.165) is 12.8 Å². The predicted octanol–water partition coefficient (Wildman–Crippen LogP) is 4.22. The van der Waals surface area contributed by atoms with Crippen molar-refractivity contribution in [3.63, 3.8) is 0 Å². The van der Waals surface area contributed by atoms with Crippen LogP contribution in [0.15, 0.2) is 71.5 Å². The van der Waals surface area contributed by atoms with Crippen LogP contribution in [0.4, 0.5) is 0 Å². The summed E-state index contributed by atoms with van der Waals surface area (Å²) < 4.78 is 0. The Bertz CT molecular complexity index is 466. The van der Waals surface area contributed by atoms with Crippen LogP contribution < -0.4 is 0 Å². The second-order valence-electron chi connectivity index (χ2n) is 4.07. The first kappa shape index (κ1) is 10.7. The quantitative estimate of drug-likeness (QED) is 0.652. The monoisotopic (exact) mass is 208 g/mol. The van der Waals surface area contributed by atoms with Crippen molar-refractivity contribution in [3.05, 3.63) is 77.1 Å². The van der Waals surface area contributed by atoms with Crippen LogP contribution in [-0.2, 0) is 6.42 Å². The third kappa shape index (κ3) is 3.12. The zero-order valence-electron chi connectivity index (χ0n) is 9.61. The van der Waals surface area contributed by atoms with Gasteiger partial charge in [-0.2, -0.15) is 0 Å². The molecule has 0 heterocycles. The average Bonchev–Trinajstić information content (AvgIpc) is 2.53. The number of rotatable bonds is 3. The lowest BCUT2D eigenvalue weighted by atomic mass is 10.0. The standard InChI is InChI=1S/C16H16/c1-14-6-5-9-16(11-10-14)13-12-15-7-3-2-4-8-15/h2-8,10-11H,12-13H2,1H3. The Morgan fingerprint density at radius 2 is 1.81 bits per heavy atom. The summed E-state index contributed by atoms with van der Waals surface area (Å²) in [5.74, 6) is 0. The Morgan fingerprint density at radius 1 is 1.00 bits per heavy atom. The number of benzene rings is 1. The Morgan fingerprint density at radius 3 is 2.62 bits per heavy atom. The van der Waals surface area contributed by atoms with E-state index in [0.29, 0.717) is 0 Å². The molecule has 0 heteroatoms. The normalized spacial score (nSPS) is 14.3. The highest BCUT2D eigenvalue weighted by molar-refractivity contribution is 5.33. The third-order valence-corrected chi connectivity index (χ3v) is 2.69. The summed E-state index contributed by atoms with van der Waals surface area (Å²) in [6, 6.07) is 10.6. The number of hydrogen-bond donors (Lipinski definition) is 0. The van der Waals surface area contributed by atoms with E-state index in [9.17, 15) is 0 Å². The topological polar surface area (TPSA) is 0 Å². The van der Waals surface area contributed by atoms with E-state index in [1.165, 1.54) is 16.7 Å². The molecular formula is C16H16. The van der Waals surface area contributed by atoms with Crippen molar-refractivity contribution in [3.8, 4) is 0 Å². The summed E-state index contributed by atoms with van der Waals surface area (Å²) in [7, 11) is 0. The van der Waals surface area contributed by atoms with Crippen molar-refractivity contribution in [2.24, 2.45) is 0 Å².